The minimum Gasteiger partial charge on any atom is -0.339 e. The van der Waals surface area contributed by atoms with Gasteiger partial charge in [0.2, 0.25) is 5.91 Å². The third-order valence-electron chi connectivity index (χ3n) is 5.80. The highest BCUT2D eigenvalue weighted by atomic mass is 16.2. The molecule has 0 bridgehead atoms. The Balaban J connectivity index is 1.90. The van der Waals surface area contributed by atoms with Gasteiger partial charge in [0.15, 0.2) is 0 Å². The van der Waals surface area contributed by atoms with E-state index in [4.69, 9.17) is 0 Å². The molecule has 2 aromatic carbocycles. The van der Waals surface area contributed by atoms with E-state index in [0.717, 1.165) is 25.2 Å². The smallest absolute Gasteiger partial charge is 0.229 e. The van der Waals surface area contributed by atoms with E-state index in [1.165, 1.54) is 27.7 Å². The summed E-state index contributed by atoms with van der Waals surface area (Å²) in [5.74, 6) is 0.225. The summed E-state index contributed by atoms with van der Waals surface area (Å²) < 4.78 is 2.39. The van der Waals surface area contributed by atoms with Crippen LogP contribution in [-0.4, -0.2) is 42.6 Å². The molecule has 0 N–H and O–H groups in total. The van der Waals surface area contributed by atoms with Gasteiger partial charge in [-0.25, -0.2) is 0 Å². The van der Waals surface area contributed by atoms with Crippen LogP contribution < -0.4 is 4.90 Å². The van der Waals surface area contributed by atoms with Crippen LogP contribution in [0.25, 0.3) is 22.0 Å². The van der Waals surface area contributed by atoms with Crippen LogP contribution in [0.2, 0.25) is 0 Å². The third-order valence-corrected chi connectivity index (χ3v) is 5.80. The molecule has 0 fully saturated rings. The molecule has 3 aromatic rings. The second-order valence-electron chi connectivity index (χ2n) is 8.13. The van der Waals surface area contributed by atoms with E-state index >= 15 is 0 Å². The number of carbonyl (C=O) groups is 1. The highest BCUT2D eigenvalue weighted by molar-refractivity contribution is 6.09. The number of amides is 1. The summed E-state index contributed by atoms with van der Waals surface area (Å²) in [7, 11) is 4.15. The highest BCUT2D eigenvalue weighted by Crippen LogP contribution is 2.43. The quantitative estimate of drug-likeness (QED) is 0.637. The maximum atomic E-state index is 13.1. The van der Waals surface area contributed by atoms with Crippen LogP contribution in [0.1, 0.15) is 31.5 Å². The molecule has 0 aliphatic carbocycles. The second kappa shape index (κ2) is 7.44. The number of anilines is 1. The molecule has 0 radical (unpaired) electrons. The molecular formula is C24H29N3O. The Bertz CT molecular complexity index is 1000. The summed E-state index contributed by atoms with van der Waals surface area (Å²) in [6.07, 6.45) is 1.50. The standard InChI is InChI=1S/C24H29N3O/c1-17-16-22(28)26(15-9-14-25(3)4)21-13-8-12-20-23(18(2)27(17)24(20)21)19-10-6-5-7-11-19/h5-8,10-13,17H,9,14-16H2,1-4H3. The molecule has 1 unspecified atom stereocenters. The average molecular weight is 376 g/mol. The summed E-state index contributed by atoms with van der Waals surface area (Å²) in [5.41, 5.74) is 6.01. The molecule has 1 aliphatic heterocycles. The molecule has 146 valence electrons. The Morgan fingerprint density at radius 3 is 2.54 bits per heavy atom. The van der Waals surface area contributed by atoms with Crippen molar-refractivity contribution < 1.29 is 4.79 Å². The van der Waals surface area contributed by atoms with Crippen LogP contribution in [0, 0.1) is 6.92 Å². The summed E-state index contributed by atoms with van der Waals surface area (Å²) in [4.78, 5) is 17.3. The van der Waals surface area contributed by atoms with Gasteiger partial charge in [-0.3, -0.25) is 4.79 Å². The van der Waals surface area contributed by atoms with Gasteiger partial charge in [0.1, 0.15) is 0 Å². The Morgan fingerprint density at radius 2 is 1.82 bits per heavy atom. The summed E-state index contributed by atoms with van der Waals surface area (Å²) in [5, 5.41) is 1.24. The first-order valence-corrected chi connectivity index (χ1v) is 10.1. The Hall–Kier alpha value is -2.59. The van der Waals surface area contributed by atoms with Crippen molar-refractivity contribution in [3.8, 4) is 11.1 Å². The number of hydrogen-bond donors (Lipinski definition) is 0. The van der Waals surface area contributed by atoms with Gasteiger partial charge in [-0.15, -0.1) is 0 Å². The van der Waals surface area contributed by atoms with Crippen LogP contribution in [0.3, 0.4) is 0 Å². The molecule has 4 rings (SSSR count). The molecule has 0 spiro atoms. The van der Waals surface area contributed by atoms with Gasteiger partial charge in [-0.2, -0.15) is 0 Å². The van der Waals surface area contributed by atoms with Gasteiger partial charge in [0, 0.05) is 35.7 Å². The lowest BCUT2D eigenvalue weighted by molar-refractivity contribution is -0.119. The maximum absolute atomic E-state index is 13.1. The van der Waals surface area contributed by atoms with E-state index in [9.17, 15) is 4.79 Å². The number of nitrogens with zero attached hydrogens (tertiary/aromatic N) is 3. The highest BCUT2D eigenvalue weighted by Gasteiger charge is 2.30. The molecular weight excluding hydrogens is 346 g/mol. The first-order chi connectivity index (χ1) is 13.5. The number of hydrogen-bond acceptors (Lipinski definition) is 2. The predicted octanol–water partition coefficient (Wildman–Crippen LogP) is 4.87. The number of para-hydroxylation sites is 1. The van der Waals surface area contributed by atoms with Gasteiger partial charge in [-0.1, -0.05) is 42.5 Å². The molecule has 0 saturated carbocycles. The lowest BCUT2D eigenvalue weighted by atomic mass is 10.0. The molecule has 2 heterocycles. The van der Waals surface area contributed by atoms with E-state index in [1.54, 1.807) is 0 Å². The van der Waals surface area contributed by atoms with Gasteiger partial charge in [-0.05, 0) is 52.5 Å². The SMILES string of the molecule is Cc1c(-c2ccccc2)c2cccc3c2n1C(C)CC(=O)N3CCCN(C)C. The third kappa shape index (κ3) is 3.12. The second-order valence-corrected chi connectivity index (χ2v) is 8.13. The van der Waals surface area contributed by atoms with Gasteiger partial charge < -0.3 is 14.4 Å². The van der Waals surface area contributed by atoms with Gasteiger partial charge >= 0.3 is 0 Å². The Kier molecular flexibility index (Phi) is 4.98. The largest absolute Gasteiger partial charge is 0.339 e. The lowest BCUT2D eigenvalue weighted by Gasteiger charge is -2.23. The summed E-state index contributed by atoms with van der Waals surface area (Å²) >= 11 is 0. The van der Waals surface area contributed by atoms with Gasteiger partial charge in [0.05, 0.1) is 11.2 Å². The summed E-state index contributed by atoms with van der Waals surface area (Å²) in [6, 6.07) is 17.1. The van der Waals surface area contributed by atoms with Crippen LogP contribution in [0.15, 0.2) is 48.5 Å². The topological polar surface area (TPSA) is 28.5 Å². The monoisotopic (exact) mass is 375 g/mol. The molecule has 28 heavy (non-hydrogen) atoms. The van der Waals surface area contributed by atoms with E-state index in [1.807, 2.05) is 4.90 Å². The number of carbonyl (C=O) groups excluding carboxylic acids is 1. The van der Waals surface area contributed by atoms with Crippen molar-refractivity contribution in [2.45, 2.75) is 32.7 Å². The lowest BCUT2D eigenvalue weighted by Crippen LogP contribution is -2.33. The first kappa shape index (κ1) is 18.8. The minimum atomic E-state index is 0.146. The molecule has 1 atom stereocenters. The number of aromatic nitrogens is 1. The molecule has 4 nitrogen and oxygen atoms in total. The fourth-order valence-corrected chi connectivity index (χ4v) is 4.59. The maximum Gasteiger partial charge on any atom is 0.229 e. The van der Waals surface area contributed by atoms with E-state index in [-0.39, 0.29) is 11.9 Å². The zero-order valence-corrected chi connectivity index (χ0v) is 17.3. The molecule has 0 saturated heterocycles. The molecule has 4 heteroatoms. The van der Waals surface area contributed by atoms with Crippen molar-refractivity contribution in [2.75, 3.05) is 32.1 Å². The van der Waals surface area contributed by atoms with Crippen molar-refractivity contribution in [3.63, 3.8) is 0 Å². The fraction of sp³-hybridized carbons (Fsp3) is 0.375. The number of benzene rings is 2. The zero-order chi connectivity index (χ0) is 19.8. The van der Waals surface area contributed by atoms with Crippen LogP contribution in [0.5, 0.6) is 0 Å². The first-order valence-electron chi connectivity index (χ1n) is 10.1. The van der Waals surface area contributed by atoms with Crippen molar-refractivity contribution in [2.24, 2.45) is 0 Å². The molecule has 1 amide bonds. The Labute approximate surface area is 167 Å². The van der Waals surface area contributed by atoms with Crippen molar-refractivity contribution in [3.05, 3.63) is 54.2 Å². The van der Waals surface area contributed by atoms with Crippen LogP contribution >= 0.6 is 0 Å². The minimum absolute atomic E-state index is 0.146. The fourth-order valence-electron chi connectivity index (χ4n) is 4.59. The van der Waals surface area contributed by atoms with Gasteiger partial charge in [0.25, 0.3) is 0 Å². The van der Waals surface area contributed by atoms with E-state index in [0.29, 0.717) is 6.42 Å². The molecule has 1 aromatic heterocycles. The normalized spacial score (nSPS) is 16.8. The van der Waals surface area contributed by atoms with Crippen molar-refractivity contribution >= 4 is 22.5 Å². The predicted molar refractivity (Wildman–Crippen MR) is 117 cm³/mol. The van der Waals surface area contributed by atoms with Crippen LogP contribution in [-0.2, 0) is 4.79 Å². The summed E-state index contributed by atoms with van der Waals surface area (Å²) in [6.45, 7) is 6.09. The average Bonchev–Trinajstić information content (AvgIpc) is 2.91. The van der Waals surface area contributed by atoms with Crippen LogP contribution in [0.4, 0.5) is 5.69 Å². The van der Waals surface area contributed by atoms with Crippen molar-refractivity contribution in [1.29, 1.82) is 0 Å². The van der Waals surface area contributed by atoms with Crippen molar-refractivity contribution in [1.82, 2.24) is 9.47 Å². The zero-order valence-electron chi connectivity index (χ0n) is 17.3. The number of rotatable bonds is 5. The van der Waals surface area contributed by atoms with E-state index < -0.39 is 0 Å². The molecule has 1 aliphatic rings. The Morgan fingerprint density at radius 1 is 1.07 bits per heavy atom. The van der Waals surface area contributed by atoms with E-state index in [2.05, 4.69) is 85.9 Å².